The molecule has 0 amide bonds. The fourth-order valence-electron chi connectivity index (χ4n) is 3.97. The van der Waals surface area contributed by atoms with E-state index in [0.717, 1.165) is 42.3 Å². The van der Waals surface area contributed by atoms with Crippen LogP contribution in [0.2, 0.25) is 0 Å². The van der Waals surface area contributed by atoms with Gasteiger partial charge in [-0.15, -0.1) is 0 Å². The first-order valence-electron chi connectivity index (χ1n) is 9.68. The molecular formula is C21H33N3O2. The number of hydrogen-bond donors (Lipinski definition) is 4. The predicted octanol–water partition coefficient (Wildman–Crippen LogP) is 3.18. The summed E-state index contributed by atoms with van der Waals surface area (Å²) in [6.07, 6.45) is 5.81. The molecule has 5 heteroatoms. The summed E-state index contributed by atoms with van der Waals surface area (Å²) in [6, 6.07) is 7.90. The monoisotopic (exact) mass is 359 g/mol. The number of aliphatic hydroxyl groups is 1. The van der Waals surface area contributed by atoms with Gasteiger partial charge in [-0.3, -0.25) is 0 Å². The molecule has 1 aromatic carbocycles. The van der Waals surface area contributed by atoms with Crippen molar-refractivity contribution in [1.29, 1.82) is 0 Å². The highest BCUT2D eigenvalue weighted by molar-refractivity contribution is 5.85. The molecule has 26 heavy (non-hydrogen) atoms. The summed E-state index contributed by atoms with van der Waals surface area (Å²) < 4.78 is 5.85. The molecule has 0 radical (unpaired) electrons. The maximum atomic E-state index is 10.3. The van der Waals surface area contributed by atoms with Gasteiger partial charge >= 0.3 is 0 Å². The molecule has 1 atom stereocenters. The number of benzene rings is 1. The maximum absolute atomic E-state index is 10.3. The maximum Gasteiger partial charge on any atom is 0.128 e. The lowest BCUT2D eigenvalue weighted by Crippen LogP contribution is -2.52. The third kappa shape index (κ3) is 4.58. The van der Waals surface area contributed by atoms with Crippen LogP contribution >= 0.6 is 0 Å². The first-order chi connectivity index (χ1) is 12.3. The topological polar surface area (TPSA) is 83.3 Å². The van der Waals surface area contributed by atoms with Crippen LogP contribution in [0.15, 0.2) is 30.5 Å². The lowest BCUT2D eigenvalue weighted by molar-refractivity contribution is 0.0863. The van der Waals surface area contributed by atoms with E-state index in [1.807, 2.05) is 30.5 Å². The largest absolute Gasteiger partial charge is 0.490 e. The van der Waals surface area contributed by atoms with Crippen molar-refractivity contribution in [2.24, 2.45) is 11.7 Å². The number of aromatic amines is 1. The van der Waals surface area contributed by atoms with Crippen LogP contribution in [0.25, 0.3) is 10.9 Å². The van der Waals surface area contributed by atoms with Gasteiger partial charge in [-0.2, -0.15) is 0 Å². The van der Waals surface area contributed by atoms with Gasteiger partial charge in [0.1, 0.15) is 18.5 Å². The first-order valence-corrected chi connectivity index (χ1v) is 9.68. The van der Waals surface area contributed by atoms with Crippen LogP contribution in [0, 0.1) is 5.92 Å². The number of rotatable bonds is 7. The van der Waals surface area contributed by atoms with Crippen molar-refractivity contribution in [1.82, 2.24) is 10.3 Å². The van der Waals surface area contributed by atoms with Crippen molar-refractivity contribution in [3.05, 3.63) is 30.5 Å². The molecule has 1 unspecified atom stereocenters. The van der Waals surface area contributed by atoms with Crippen molar-refractivity contribution in [3.63, 3.8) is 0 Å². The second-order valence-corrected chi connectivity index (χ2v) is 8.70. The van der Waals surface area contributed by atoms with Crippen LogP contribution in [0.1, 0.15) is 46.5 Å². The number of aromatic nitrogens is 1. The second-order valence-electron chi connectivity index (χ2n) is 8.70. The number of fused-ring (bicyclic) bond motifs is 1. The Labute approximate surface area is 156 Å². The van der Waals surface area contributed by atoms with E-state index in [-0.39, 0.29) is 17.7 Å². The Balaban J connectivity index is 1.46. The average Bonchev–Trinajstić information content (AvgIpc) is 3.07. The lowest BCUT2D eigenvalue weighted by Gasteiger charge is -2.43. The summed E-state index contributed by atoms with van der Waals surface area (Å²) in [4.78, 5) is 3.17. The van der Waals surface area contributed by atoms with Crippen molar-refractivity contribution < 1.29 is 9.84 Å². The van der Waals surface area contributed by atoms with Crippen molar-refractivity contribution in [3.8, 4) is 5.75 Å². The van der Waals surface area contributed by atoms with Gasteiger partial charge in [0.05, 0.1) is 0 Å². The Morgan fingerprint density at radius 2 is 2.08 bits per heavy atom. The zero-order valence-corrected chi connectivity index (χ0v) is 16.2. The number of β-amino-alcohol motifs (C(OH)–C–C–N with tert-alkyl or cyclic N) is 1. The second kappa shape index (κ2) is 7.59. The minimum atomic E-state index is -0.537. The Kier molecular flexibility index (Phi) is 5.61. The fraction of sp³-hybridized carbons (Fsp3) is 0.619. The standard InChI is InChI=1S/C21H33N3O2/c1-20(2,22)15-7-10-21(3,11-8-15)24-13-16(25)14-26-19-6-4-5-18-17(19)9-12-23-18/h4-6,9,12,15-16,23-25H,7-8,10-11,13-14,22H2,1-3H3. The molecule has 1 aliphatic rings. The molecular weight excluding hydrogens is 326 g/mol. The van der Waals surface area contributed by atoms with Crippen LogP contribution in [-0.2, 0) is 0 Å². The molecule has 0 aliphatic heterocycles. The summed E-state index contributed by atoms with van der Waals surface area (Å²) in [5, 5.41) is 14.9. The molecule has 0 saturated heterocycles. The van der Waals surface area contributed by atoms with Gasteiger partial charge in [-0.05, 0) is 70.6 Å². The van der Waals surface area contributed by atoms with Crippen LogP contribution in [0.3, 0.4) is 0 Å². The number of aliphatic hydroxyl groups excluding tert-OH is 1. The van der Waals surface area contributed by atoms with Crippen LogP contribution in [0.4, 0.5) is 0 Å². The molecule has 1 fully saturated rings. The van der Waals surface area contributed by atoms with Crippen molar-refractivity contribution in [2.75, 3.05) is 13.2 Å². The van der Waals surface area contributed by atoms with Crippen LogP contribution < -0.4 is 15.8 Å². The first kappa shape index (κ1) is 19.2. The Morgan fingerprint density at radius 3 is 2.77 bits per heavy atom. The highest BCUT2D eigenvalue weighted by Gasteiger charge is 2.35. The molecule has 1 aliphatic carbocycles. The van der Waals surface area contributed by atoms with Gasteiger partial charge in [0.2, 0.25) is 0 Å². The van der Waals surface area contributed by atoms with Gasteiger partial charge < -0.3 is 25.9 Å². The minimum absolute atomic E-state index is 0.0728. The highest BCUT2D eigenvalue weighted by atomic mass is 16.5. The molecule has 1 heterocycles. The van der Waals surface area contributed by atoms with Gasteiger partial charge in [0, 0.05) is 34.7 Å². The average molecular weight is 360 g/mol. The highest BCUT2D eigenvalue weighted by Crippen LogP contribution is 2.36. The Hall–Kier alpha value is -1.56. The summed E-state index contributed by atoms with van der Waals surface area (Å²) in [5.41, 5.74) is 7.28. The van der Waals surface area contributed by atoms with E-state index in [0.29, 0.717) is 12.5 Å². The van der Waals surface area contributed by atoms with Gasteiger partial charge in [-0.1, -0.05) is 6.07 Å². The number of H-pyrrole nitrogens is 1. The summed E-state index contributed by atoms with van der Waals surface area (Å²) in [7, 11) is 0. The van der Waals surface area contributed by atoms with E-state index in [4.69, 9.17) is 10.5 Å². The van der Waals surface area contributed by atoms with Crippen LogP contribution in [0.5, 0.6) is 5.75 Å². The molecule has 5 N–H and O–H groups in total. The third-order valence-electron chi connectivity index (χ3n) is 5.89. The zero-order chi connectivity index (χ0) is 18.8. The fourth-order valence-corrected chi connectivity index (χ4v) is 3.97. The zero-order valence-electron chi connectivity index (χ0n) is 16.2. The third-order valence-corrected chi connectivity index (χ3v) is 5.89. The van der Waals surface area contributed by atoms with Gasteiger partial charge in [-0.25, -0.2) is 0 Å². The molecule has 2 aromatic rings. The van der Waals surface area contributed by atoms with Crippen molar-refractivity contribution in [2.45, 2.75) is 63.6 Å². The minimum Gasteiger partial charge on any atom is -0.490 e. The Morgan fingerprint density at radius 1 is 1.35 bits per heavy atom. The van der Waals surface area contributed by atoms with E-state index < -0.39 is 6.10 Å². The molecule has 144 valence electrons. The van der Waals surface area contributed by atoms with Crippen molar-refractivity contribution >= 4 is 10.9 Å². The summed E-state index contributed by atoms with van der Waals surface area (Å²) in [5.74, 6) is 1.38. The molecule has 0 bridgehead atoms. The van der Waals surface area contributed by atoms with E-state index in [1.54, 1.807) is 0 Å². The quantitative estimate of drug-likeness (QED) is 0.612. The SMILES string of the molecule is CC1(NCC(O)COc2cccc3[nH]ccc23)CCC(C(C)(C)N)CC1. The van der Waals surface area contributed by atoms with E-state index in [1.165, 1.54) is 0 Å². The number of nitrogens with one attached hydrogen (secondary N) is 2. The van der Waals surface area contributed by atoms with Gasteiger partial charge in [0.25, 0.3) is 0 Å². The smallest absolute Gasteiger partial charge is 0.128 e. The molecule has 3 rings (SSSR count). The molecule has 1 aromatic heterocycles. The Bertz CT molecular complexity index is 711. The molecule has 0 spiro atoms. The summed E-state index contributed by atoms with van der Waals surface area (Å²) >= 11 is 0. The van der Waals surface area contributed by atoms with E-state index >= 15 is 0 Å². The number of hydrogen-bond acceptors (Lipinski definition) is 4. The van der Waals surface area contributed by atoms with Gasteiger partial charge in [0.15, 0.2) is 0 Å². The lowest BCUT2D eigenvalue weighted by atomic mass is 9.71. The van der Waals surface area contributed by atoms with Crippen LogP contribution in [-0.4, -0.2) is 40.4 Å². The number of nitrogens with two attached hydrogens (primary N) is 1. The summed E-state index contributed by atoms with van der Waals surface area (Å²) in [6.45, 7) is 7.32. The molecule has 5 nitrogen and oxygen atoms in total. The normalized spacial score (nSPS) is 25.3. The van der Waals surface area contributed by atoms with E-state index in [2.05, 4.69) is 31.1 Å². The molecule has 1 saturated carbocycles. The van der Waals surface area contributed by atoms with E-state index in [9.17, 15) is 5.11 Å². The number of ether oxygens (including phenoxy) is 1. The predicted molar refractivity (Wildman–Crippen MR) is 106 cm³/mol.